The summed E-state index contributed by atoms with van der Waals surface area (Å²) in [4.78, 5) is 13.8. The van der Waals surface area contributed by atoms with E-state index in [0.717, 1.165) is 12.1 Å². The maximum absolute atomic E-state index is 12.8. The molecule has 1 aromatic carbocycles. The molecule has 134 valence electrons. The lowest BCUT2D eigenvalue weighted by molar-refractivity contribution is -0.137. The van der Waals surface area contributed by atoms with Gasteiger partial charge in [0.2, 0.25) is 0 Å². The van der Waals surface area contributed by atoms with Crippen molar-refractivity contribution in [1.29, 1.82) is 10.5 Å². The molecule has 8 heteroatoms. The minimum absolute atomic E-state index is 0.0618. The van der Waals surface area contributed by atoms with E-state index in [1.807, 2.05) is 12.1 Å². The molecule has 26 heavy (non-hydrogen) atoms. The second-order valence-electron chi connectivity index (χ2n) is 5.35. The molecule has 0 radical (unpaired) electrons. The van der Waals surface area contributed by atoms with Crippen LogP contribution < -0.4 is 0 Å². The maximum atomic E-state index is 12.8. The van der Waals surface area contributed by atoms with Crippen molar-refractivity contribution in [2.24, 2.45) is 0 Å². The Balaban J connectivity index is 2.24. The van der Waals surface area contributed by atoms with Gasteiger partial charge in [-0.15, -0.1) is 0 Å². The van der Waals surface area contributed by atoms with Crippen molar-refractivity contribution >= 4 is 5.91 Å². The summed E-state index contributed by atoms with van der Waals surface area (Å²) in [6.45, 7) is 0.271. The van der Waals surface area contributed by atoms with Crippen molar-refractivity contribution < 1.29 is 22.4 Å². The number of benzene rings is 1. The molecule has 0 saturated heterocycles. The van der Waals surface area contributed by atoms with Crippen LogP contribution in [0.1, 0.15) is 29.0 Å². The third kappa shape index (κ3) is 4.64. The zero-order chi connectivity index (χ0) is 19.2. The molecule has 0 aliphatic carbocycles. The summed E-state index contributed by atoms with van der Waals surface area (Å²) < 4.78 is 43.9. The van der Waals surface area contributed by atoms with Gasteiger partial charge in [-0.25, -0.2) is 0 Å². The Hall–Kier alpha value is -3.26. The fourth-order valence-corrected chi connectivity index (χ4v) is 2.30. The van der Waals surface area contributed by atoms with Crippen LogP contribution in [0.5, 0.6) is 0 Å². The van der Waals surface area contributed by atoms with Crippen LogP contribution in [-0.2, 0) is 6.18 Å². The number of hydrogen-bond donors (Lipinski definition) is 0. The summed E-state index contributed by atoms with van der Waals surface area (Å²) in [5.41, 5.74) is -0.622. The van der Waals surface area contributed by atoms with Gasteiger partial charge in [0.25, 0.3) is 5.91 Å². The molecule has 0 N–H and O–H groups in total. The van der Waals surface area contributed by atoms with E-state index in [0.29, 0.717) is 0 Å². The average Bonchev–Trinajstić information content (AvgIpc) is 3.11. The molecule has 0 unspecified atom stereocenters. The van der Waals surface area contributed by atoms with Gasteiger partial charge in [0.15, 0.2) is 5.76 Å². The molecule has 0 saturated carbocycles. The number of halogens is 3. The topological polar surface area (TPSA) is 81.0 Å². The molecule has 2 aromatic rings. The number of amides is 1. The van der Waals surface area contributed by atoms with E-state index >= 15 is 0 Å². The second-order valence-corrected chi connectivity index (χ2v) is 5.35. The van der Waals surface area contributed by atoms with Crippen LogP contribution in [-0.4, -0.2) is 23.9 Å². The van der Waals surface area contributed by atoms with Crippen LogP contribution in [0.15, 0.2) is 40.8 Å². The zero-order valence-electron chi connectivity index (χ0n) is 13.6. The van der Waals surface area contributed by atoms with Gasteiger partial charge in [-0.1, -0.05) is 12.1 Å². The van der Waals surface area contributed by atoms with Crippen LogP contribution in [0.4, 0.5) is 13.2 Å². The van der Waals surface area contributed by atoms with Crippen molar-refractivity contribution in [1.82, 2.24) is 4.90 Å². The highest BCUT2D eigenvalue weighted by molar-refractivity contribution is 5.92. The molecule has 5 nitrogen and oxygen atoms in total. The van der Waals surface area contributed by atoms with Crippen molar-refractivity contribution in [2.45, 2.75) is 19.0 Å². The number of furan rings is 1. The Morgan fingerprint density at radius 2 is 1.73 bits per heavy atom. The molecular formula is C18H14F3N3O2. The Labute approximate surface area is 147 Å². The number of carbonyl (C=O) groups is 1. The zero-order valence-corrected chi connectivity index (χ0v) is 13.6. The van der Waals surface area contributed by atoms with Gasteiger partial charge < -0.3 is 9.32 Å². The van der Waals surface area contributed by atoms with Crippen LogP contribution >= 0.6 is 0 Å². The summed E-state index contributed by atoms with van der Waals surface area (Å²) in [7, 11) is 0. The van der Waals surface area contributed by atoms with Gasteiger partial charge in [0.1, 0.15) is 5.76 Å². The third-order valence-corrected chi connectivity index (χ3v) is 3.57. The van der Waals surface area contributed by atoms with Crippen molar-refractivity contribution in [3.63, 3.8) is 0 Å². The molecule has 1 amide bonds. The fraction of sp³-hybridized carbons (Fsp3) is 0.278. The van der Waals surface area contributed by atoms with Gasteiger partial charge in [0, 0.05) is 18.7 Å². The average molecular weight is 361 g/mol. The predicted octanol–water partition coefficient (Wildman–Crippen LogP) is 4.23. The van der Waals surface area contributed by atoms with Crippen molar-refractivity contribution in [2.75, 3.05) is 13.1 Å². The number of carbonyl (C=O) groups excluding carboxylic acids is 1. The van der Waals surface area contributed by atoms with Gasteiger partial charge in [-0.3, -0.25) is 4.79 Å². The molecular weight excluding hydrogens is 347 g/mol. The first-order chi connectivity index (χ1) is 12.4. The first-order valence-electron chi connectivity index (χ1n) is 7.67. The van der Waals surface area contributed by atoms with Crippen LogP contribution in [0, 0.1) is 22.7 Å². The summed E-state index contributed by atoms with van der Waals surface area (Å²) in [5, 5.41) is 17.3. The largest absolute Gasteiger partial charge is 0.451 e. The highest BCUT2D eigenvalue weighted by Gasteiger charge is 2.30. The lowest BCUT2D eigenvalue weighted by Gasteiger charge is -2.18. The highest BCUT2D eigenvalue weighted by Crippen LogP contribution is 2.32. The molecule has 0 fully saturated rings. The number of rotatable bonds is 6. The van der Waals surface area contributed by atoms with E-state index in [9.17, 15) is 18.0 Å². The van der Waals surface area contributed by atoms with Crippen molar-refractivity contribution in [3.8, 4) is 23.5 Å². The summed E-state index contributed by atoms with van der Waals surface area (Å²) in [6, 6.07) is 11.2. The molecule has 0 bridgehead atoms. The molecule has 0 atom stereocenters. The van der Waals surface area contributed by atoms with Gasteiger partial charge >= 0.3 is 6.18 Å². The van der Waals surface area contributed by atoms with Crippen LogP contribution in [0.25, 0.3) is 11.3 Å². The number of nitrogens with zero attached hydrogens (tertiary/aromatic N) is 3. The number of hydrogen-bond acceptors (Lipinski definition) is 4. The monoisotopic (exact) mass is 361 g/mol. The lowest BCUT2D eigenvalue weighted by atomic mass is 10.1. The fourth-order valence-electron chi connectivity index (χ4n) is 2.30. The number of alkyl halides is 3. The minimum atomic E-state index is -4.48. The summed E-state index contributed by atoms with van der Waals surface area (Å²) in [6.07, 6.45) is -4.29. The standard InChI is InChI=1S/C18H14F3N3O2/c19-18(20,21)14-5-1-4-13(12-14)15-6-7-16(26-15)17(25)24(10-2-8-22)11-3-9-23/h1,4-7,12H,2-3,10-11H2. The maximum Gasteiger partial charge on any atom is 0.416 e. The highest BCUT2D eigenvalue weighted by atomic mass is 19.4. The predicted molar refractivity (Wildman–Crippen MR) is 85.5 cm³/mol. The molecule has 1 aromatic heterocycles. The van der Waals surface area contributed by atoms with Gasteiger partial charge in [0.05, 0.1) is 30.5 Å². The Kier molecular flexibility index (Phi) is 6.03. The van der Waals surface area contributed by atoms with E-state index in [2.05, 4.69) is 0 Å². The summed E-state index contributed by atoms with van der Waals surface area (Å²) in [5.74, 6) is -0.456. The van der Waals surface area contributed by atoms with E-state index < -0.39 is 17.6 Å². The SMILES string of the molecule is N#CCCN(CCC#N)C(=O)c1ccc(-c2cccc(C(F)(F)F)c2)o1. The van der Waals surface area contributed by atoms with E-state index in [1.165, 1.54) is 29.2 Å². The molecule has 1 heterocycles. The molecule has 0 spiro atoms. The lowest BCUT2D eigenvalue weighted by Crippen LogP contribution is -2.32. The van der Waals surface area contributed by atoms with Gasteiger partial charge in [-0.2, -0.15) is 23.7 Å². The van der Waals surface area contributed by atoms with E-state index in [-0.39, 0.29) is 43.0 Å². The Morgan fingerprint density at radius 1 is 1.08 bits per heavy atom. The number of nitriles is 2. The molecule has 2 rings (SSSR count). The Morgan fingerprint density at radius 3 is 2.31 bits per heavy atom. The van der Waals surface area contributed by atoms with E-state index in [1.54, 1.807) is 0 Å². The molecule has 0 aliphatic rings. The normalized spacial score (nSPS) is 10.8. The van der Waals surface area contributed by atoms with Crippen LogP contribution in [0.3, 0.4) is 0 Å². The summed E-state index contributed by atoms with van der Waals surface area (Å²) >= 11 is 0. The quantitative estimate of drug-likeness (QED) is 0.771. The Bertz CT molecular complexity index is 842. The second kappa shape index (κ2) is 8.21. The minimum Gasteiger partial charge on any atom is -0.451 e. The first kappa shape index (κ1) is 19.1. The van der Waals surface area contributed by atoms with Crippen LogP contribution in [0.2, 0.25) is 0 Å². The first-order valence-corrected chi connectivity index (χ1v) is 7.67. The van der Waals surface area contributed by atoms with Crippen molar-refractivity contribution in [3.05, 3.63) is 47.7 Å². The third-order valence-electron chi connectivity index (χ3n) is 3.57. The van der Waals surface area contributed by atoms with E-state index in [4.69, 9.17) is 14.9 Å². The smallest absolute Gasteiger partial charge is 0.416 e. The van der Waals surface area contributed by atoms with Gasteiger partial charge in [-0.05, 0) is 24.3 Å². The molecule has 0 aliphatic heterocycles.